The molecular formula is C4H7NO3. The molecule has 0 fully saturated rings. The van der Waals surface area contributed by atoms with Gasteiger partial charge in [-0.25, -0.2) is 0 Å². The van der Waals surface area contributed by atoms with Gasteiger partial charge in [0.25, 0.3) is 0 Å². The predicted octanol–water partition coefficient (Wildman–Crippen LogP) is -1.05. The van der Waals surface area contributed by atoms with E-state index in [9.17, 15) is 4.79 Å². The fourth-order valence-corrected chi connectivity index (χ4v) is 0.0680. The van der Waals surface area contributed by atoms with Gasteiger partial charge < -0.3 is 10.5 Å². The maximum Gasteiger partial charge on any atom is 0.373 e. The van der Waals surface area contributed by atoms with E-state index in [-0.39, 0.29) is 6.15 Å². The molecule has 8 heavy (non-hydrogen) atoms. The van der Waals surface area contributed by atoms with Gasteiger partial charge >= 0.3 is 6.15 Å². The number of hydrogen-bond acceptors (Lipinski definition) is 4. The van der Waals surface area contributed by atoms with Crippen LogP contribution in [0.15, 0.2) is 0 Å². The van der Waals surface area contributed by atoms with Crippen molar-refractivity contribution in [2.45, 2.75) is 6.42 Å². The highest BCUT2D eigenvalue weighted by Gasteiger charge is 1.66. The van der Waals surface area contributed by atoms with Gasteiger partial charge in [0, 0.05) is 6.42 Å². The Hall–Kier alpha value is -0.990. The van der Waals surface area contributed by atoms with Gasteiger partial charge in [0.2, 0.25) is 0 Å². The molecule has 0 bridgehead atoms. The van der Waals surface area contributed by atoms with E-state index < -0.39 is 0 Å². The molecule has 0 heterocycles. The standard InChI is InChI=1S/C3H7NO.CO2/c4-2-1-3-5;2-1-3/h3H,1-2,4H2;. The van der Waals surface area contributed by atoms with Crippen molar-refractivity contribution in [3.05, 3.63) is 0 Å². The Morgan fingerprint density at radius 2 is 1.88 bits per heavy atom. The molecule has 0 atom stereocenters. The molecule has 0 rings (SSSR count). The second kappa shape index (κ2) is 16.7. The van der Waals surface area contributed by atoms with Crippen LogP contribution in [0.2, 0.25) is 0 Å². The van der Waals surface area contributed by atoms with Crippen LogP contribution in [0.25, 0.3) is 0 Å². The summed E-state index contributed by atoms with van der Waals surface area (Å²) < 4.78 is 0. The molecule has 46 valence electrons. The SMILES string of the molecule is NCCC=O.O=C=O. The van der Waals surface area contributed by atoms with Crippen molar-refractivity contribution in [3.63, 3.8) is 0 Å². The maximum atomic E-state index is 9.32. The van der Waals surface area contributed by atoms with Crippen molar-refractivity contribution >= 4 is 12.4 Å². The zero-order valence-electron chi connectivity index (χ0n) is 4.29. The van der Waals surface area contributed by atoms with Crippen LogP contribution >= 0.6 is 0 Å². The minimum absolute atomic E-state index is 0.250. The number of carbonyl (C=O) groups excluding carboxylic acids is 3. The fraction of sp³-hybridized carbons (Fsp3) is 0.500. The largest absolute Gasteiger partial charge is 0.373 e. The molecular weight excluding hydrogens is 110 g/mol. The van der Waals surface area contributed by atoms with E-state index in [1.807, 2.05) is 0 Å². The molecule has 0 aromatic carbocycles. The van der Waals surface area contributed by atoms with Crippen LogP contribution < -0.4 is 5.73 Å². The molecule has 0 aliphatic carbocycles. The highest BCUT2D eigenvalue weighted by atomic mass is 16.2. The third-order valence-electron chi connectivity index (χ3n) is 0.285. The number of nitrogens with two attached hydrogens (primary N) is 1. The number of carbonyl (C=O) groups is 1. The van der Waals surface area contributed by atoms with Crippen LogP contribution in [0.4, 0.5) is 0 Å². The van der Waals surface area contributed by atoms with Crippen molar-refractivity contribution in [3.8, 4) is 0 Å². The van der Waals surface area contributed by atoms with Crippen LogP contribution in [0.1, 0.15) is 6.42 Å². The summed E-state index contributed by atoms with van der Waals surface area (Å²) in [6.07, 6.45) is 1.54. The van der Waals surface area contributed by atoms with Gasteiger partial charge in [-0.2, -0.15) is 9.59 Å². The third kappa shape index (κ3) is 79.0. The highest BCUT2D eigenvalue weighted by Crippen LogP contribution is 1.54. The molecule has 2 N–H and O–H groups in total. The topological polar surface area (TPSA) is 77.2 Å². The minimum atomic E-state index is 0.250. The van der Waals surface area contributed by atoms with E-state index in [1.54, 1.807) is 0 Å². The normalized spacial score (nSPS) is 5.62. The molecule has 0 aromatic heterocycles. The zero-order chi connectivity index (χ0) is 6.83. The molecule has 0 spiro atoms. The summed E-state index contributed by atoms with van der Waals surface area (Å²) in [4.78, 5) is 25.6. The van der Waals surface area contributed by atoms with Crippen molar-refractivity contribution in [2.24, 2.45) is 5.73 Å². The van der Waals surface area contributed by atoms with E-state index in [2.05, 4.69) is 0 Å². The van der Waals surface area contributed by atoms with E-state index in [1.165, 1.54) is 0 Å². The lowest BCUT2D eigenvalue weighted by atomic mass is 10.5. The third-order valence-corrected chi connectivity index (χ3v) is 0.285. The van der Waals surface area contributed by atoms with Gasteiger partial charge in [-0.1, -0.05) is 0 Å². The van der Waals surface area contributed by atoms with Gasteiger partial charge in [-0.3, -0.25) is 0 Å². The lowest BCUT2D eigenvalue weighted by Gasteiger charge is -1.70. The molecule has 0 aliphatic rings. The van der Waals surface area contributed by atoms with Crippen LogP contribution in [0.3, 0.4) is 0 Å². The average molecular weight is 117 g/mol. The minimum Gasteiger partial charge on any atom is -0.330 e. The second-order valence-corrected chi connectivity index (χ2v) is 0.827. The monoisotopic (exact) mass is 117 g/mol. The summed E-state index contributed by atoms with van der Waals surface area (Å²) in [6.45, 7) is 0.476. The quantitative estimate of drug-likeness (QED) is 0.468. The van der Waals surface area contributed by atoms with E-state index in [0.29, 0.717) is 13.0 Å². The summed E-state index contributed by atoms with van der Waals surface area (Å²) in [5, 5.41) is 0. The van der Waals surface area contributed by atoms with Crippen LogP contribution in [0, 0.1) is 0 Å². The van der Waals surface area contributed by atoms with Crippen LogP contribution in [0.5, 0.6) is 0 Å². The Kier molecular flexibility index (Phi) is 21.0. The predicted molar refractivity (Wildman–Crippen MR) is 24.7 cm³/mol. The number of hydrogen-bond donors (Lipinski definition) is 1. The Labute approximate surface area is 46.7 Å². The molecule has 4 heteroatoms. The van der Waals surface area contributed by atoms with E-state index in [0.717, 1.165) is 6.29 Å². The molecule has 0 radical (unpaired) electrons. The molecule has 0 saturated heterocycles. The number of aldehydes is 1. The Balaban J connectivity index is 0. The first-order chi connectivity index (χ1) is 3.83. The lowest BCUT2D eigenvalue weighted by Crippen LogP contribution is -1.97. The van der Waals surface area contributed by atoms with Gasteiger partial charge in [-0.15, -0.1) is 0 Å². The molecule has 4 nitrogen and oxygen atoms in total. The first-order valence-corrected chi connectivity index (χ1v) is 1.96. The lowest BCUT2D eigenvalue weighted by molar-refractivity contribution is -0.191. The van der Waals surface area contributed by atoms with Crippen LogP contribution in [-0.2, 0) is 14.4 Å². The van der Waals surface area contributed by atoms with Crippen molar-refractivity contribution in [1.82, 2.24) is 0 Å². The molecule has 0 unspecified atom stereocenters. The number of rotatable bonds is 2. The zero-order valence-corrected chi connectivity index (χ0v) is 4.29. The van der Waals surface area contributed by atoms with Gasteiger partial charge in [0.05, 0.1) is 0 Å². The Morgan fingerprint density at radius 1 is 1.50 bits per heavy atom. The average Bonchev–Trinajstić information content (AvgIpc) is 1.71. The van der Waals surface area contributed by atoms with Crippen molar-refractivity contribution < 1.29 is 14.4 Å². The Morgan fingerprint density at radius 3 is 1.88 bits per heavy atom. The van der Waals surface area contributed by atoms with Gasteiger partial charge in [0.15, 0.2) is 0 Å². The van der Waals surface area contributed by atoms with E-state index >= 15 is 0 Å². The highest BCUT2D eigenvalue weighted by molar-refractivity contribution is 5.49. The van der Waals surface area contributed by atoms with Gasteiger partial charge in [0.1, 0.15) is 6.29 Å². The Bertz CT molecular complexity index is 75.4. The van der Waals surface area contributed by atoms with Crippen molar-refractivity contribution in [1.29, 1.82) is 0 Å². The second-order valence-electron chi connectivity index (χ2n) is 0.827. The van der Waals surface area contributed by atoms with E-state index in [4.69, 9.17) is 15.3 Å². The molecule has 0 aromatic rings. The summed E-state index contributed by atoms with van der Waals surface area (Å²) in [5.74, 6) is 0. The summed E-state index contributed by atoms with van der Waals surface area (Å²) >= 11 is 0. The molecule has 0 aliphatic heterocycles. The summed E-state index contributed by atoms with van der Waals surface area (Å²) in [7, 11) is 0. The molecule has 0 amide bonds. The summed E-state index contributed by atoms with van der Waals surface area (Å²) in [5.41, 5.74) is 4.91. The first kappa shape index (κ1) is 10.1. The van der Waals surface area contributed by atoms with Crippen LogP contribution in [-0.4, -0.2) is 19.0 Å². The fourth-order valence-electron chi connectivity index (χ4n) is 0.0680. The van der Waals surface area contributed by atoms with Crippen molar-refractivity contribution in [2.75, 3.05) is 6.54 Å². The smallest absolute Gasteiger partial charge is 0.330 e. The first-order valence-electron chi connectivity index (χ1n) is 1.96. The van der Waals surface area contributed by atoms with Gasteiger partial charge in [-0.05, 0) is 6.54 Å². The summed E-state index contributed by atoms with van der Waals surface area (Å²) in [6, 6.07) is 0. The molecule has 0 saturated carbocycles. The maximum absolute atomic E-state index is 9.32.